The van der Waals surface area contributed by atoms with Crippen LogP contribution in [0.4, 0.5) is 5.69 Å². The van der Waals surface area contributed by atoms with Gasteiger partial charge in [0.1, 0.15) is 12.3 Å². The van der Waals surface area contributed by atoms with Gasteiger partial charge in [0.2, 0.25) is 0 Å². The third kappa shape index (κ3) is 3.15. The van der Waals surface area contributed by atoms with Gasteiger partial charge in [-0.25, -0.2) is 0 Å². The molecule has 0 aliphatic rings. The zero-order chi connectivity index (χ0) is 12.0. The molecule has 0 fully saturated rings. The third-order valence-electron chi connectivity index (χ3n) is 2.21. The fourth-order valence-corrected chi connectivity index (χ4v) is 1.53. The first kappa shape index (κ1) is 12.4. The van der Waals surface area contributed by atoms with Crippen molar-refractivity contribution in [2.45, 2.75) is 13.8 Å². The summed E-state index contributed by atoms with van der Waals surface area (Å²) >= 11 is 0. The van der Waals surface area contributed by atoms with Crippen molar-refractivity contribution in [2.75, 3.05) is 24.6 Å². The van der Waals surface area contributed by atoms with Gasteiger partial charge in [-0.15, -0.1) is 0 Å². The first-order chi connectivity index (χ1) is 7.69. The van der Waals surface area contributed by atoms with Gasteiger partial charge in [-0.05, 0) is 26.0 Å². The minimum atomic E-state index is -0.840. The standard InChI is InChI=1S/C12H17NO3/c1-3-13(9-12(14)15)10-7-5-6-8-11(10)16-4-2/h5-8H,3-4,9H2,1-2H3,(H,14,15). The number of rotatable bonds is 6. The summed E-state index contributed by atoms with van der Waals surface area (Å²) in [6, 6.07) is 7.48. The number of carboxylic acids is 1. The van der Waals surface area contributed by atoms with Gasteiger partial charge < -0.3 is 14.7 Å². The van der Waals surface area contributed by atoms with Gasteiger partial charge in [0.15, 0.2) is 0 Å². The van der Waals surface area contributed by atoms with E-state index < -0.39 is 5.97 Å². The lowest BCUT2D eigenvalue weighted by molar-refractivity contribution is -0.135. The summed E-state index contributed by atoms with van der Waals surface area (Å²) in [7, 11) is 0. The molecule has 0 saturated heterocycles. The van der Waals surface area contributed by atoms with Crippen LogP contribution in [-0.4, -0.2) is 30.8 Å². The highest BCUT2D eigenvalue weighted by atomic mass is 16.5. The second kappa shape index (κ2) is 6.00. The molecule has 88 valence electrons. The average molecular weight is 223 g/mol. The number of carbonyl (C=O) groups is 1. The van der Waals surface area contributed by atoms with Crippen molar-refractivity contribution in [1.29, 1.82) is 0 Å². The molecular weight excluding hydrogens is 206 g/mol. The van der Waals surface area contributed by atoms with Crippen molar-refractivity contribution < 1.29 is 14.6 Å². The van der Waals surface area contributed by atoms with Crippen LogP contribution < -0.4 is 9.64 Å². The maximum Gasteiger partial charge on any atom is 0.323 e. The number of aliphatic carboxylic acids is 1. The highest BCUT2D eigenvalue weighted by molar-refractivity contribution is 5.75. The van der Waals surface area contributed by atoms with Crippen molar-refractivity contribution in [3.05, 3.63) is 24.3 Å². The number of benzene rings is 1. The van der Waals surface area contributed by atoms with Gasteiger partial charge in [0.05, 0.1) is 12.3 Å². The van der Waals surface area contributed by atoms with Crippen LogP contribution in [0.15, 0.2) is 24.3 Å². The van der Waals surface area contributed by atoms with Gasteiger partial charge in [0, 0.05) is 6.54 Å². The fraction of sp³-hybridized carbons (Fsp3) is 0.417. The van der Waals surface area contributed by atoms with Crippen LogP contribution in [0.2, 0.25) is 0 Å². The lowest BCUT2D eigenvalue weighted by Crippen LogP contribution is -2.29. The number of ether oxygens (including phenoxy) is 1. The van der Waals surface area contributed by atoms with Crippen molar-refractivity contribution in [2.24, 2.45) is 0 Å². The summed E-state index contributed by atoms with van der Waals surface area (Å²) in [6.45, 7) is 5.02. The Bertz CT molecular complexity index is 352. The molecule has 1 aromatic rings. The molecule has 0 aliphatic carbocycles. The number of anilines is 1. The van der Waals surface area contributed by atoms with E-state index >= 15 is 0 Å². The SMILES string of the molecule is CCOc1ccccc1N(CC)CC(=O)O. The summed E-state index contributed by atoms with van der Waals surface area (Å²) in [4.78, 5) is 12.5. The molecule has 0 bridgehead atoms. The largest absolute Gasteiger partial charge is 0.492 e. The van der Waals surface area contributed by atoms with Crippen molar-refractivity contribution in [3.8, 4) is 5.75 Å². The molecule has 4 heteroatoms. The van der Waals surface area contributed by atoms with E-state index in [1.165, 1.54) is 0 Å². The van der Waals surface area contributed by atoms with Gasteiger partial charge in [-0.3, -0.25) is 4.79 Å². The summed E-state index contributed by atoms with van der Waals surface area (Å²) < 4.78 is 5.47. The molecular formula is C12H17NO3. The number of hydrogen-bond acceptors (Lipinski definition) is 3. The summed E-state index contributed by atoms with van der Waals surface area (Å²) in [5.41, 5.74) is 0.828. The van der Waals surface area contributed by atoms with Crippen LogP contribution in [0.5, 0.6) is 5.75 Å². The molecule has 16 heavy (non-hydrogen) atoms. The molecule has 1 aromatic carbocycles. The summed E-state index contributed by atoms with van der Waals surface area (Å²) in [5.74, 6) is -0.110. The molecule has 0 aromatic heterocycles. The molecule has 0 heterocycles. The lowest BCUT2D eigenvalue weighted by Gasteiger charge is -2.23. The zero-order valence-electron chi connectivity index (χ0n) is 9.64. The molecule has 0 spiro atoms. The Morgan fingerprint density at radius 3 is 2.62 bits per heavy atom. The van der Waals surface area contributed by atoms with Gasteiger partial charge in [0.25, 0.3) is 0 Å². The summed E-state index contributed by atoms with van der Waals surface area (Å²) in [6.07, 6.45) is 0. The third-order valence-corrected chi connectivity index (χ3v) is 2.21. The Labute approximate surface area is 95.5 Å². The molecule has 0 radical (unpaired) electrons. The van der Waals surface area contributed by atoms with Crippen LogP contribution in [0, 0.1) is 0 Å². The Kier molecular flexibility index (Phi) is 4.64. The molecule has 0 atom stereocenters. The number of likely N-dealkylation sites (N-methyl/N-ethyl adjacent to an activating group) is 1. The number of nitrogens with zero attached hydrogens (tertiary/aromatic N) is 1. The fourth-order valence-electron chi connectivity index (χ4n) is 1.53. The Morgan fingerprint density at radius 2 is 2.06 bits per heavy atom. The molecule has 0 amide bonds. The Balaban J connectivity index is 2.94. The van der Waals surface area contributed by atoms with E-state index in [0.29, 0.717) is 13.2 Å². The van der Waals surface area contributed by atoms with Crippen LogP contribution in [-0.2, 0) is 4.79 Å². The lowest BCUT2D eigenvalue weighted by atomic mass is 10.2. The highest BCUT2D eigenvalue weighted by Gasteiger charge is 2.12. The van der Waals surface area contributed by atoms with Crippen LogP contribution in [0.3, 0.4) is 0 Å². The van der Waals surface area contributed by atoms with Crippen LogP contribution in [0.25, 0.3) is 0 Å². The number of para-hydroxylation sites is 2. The molecule has 4 nitrogen and oxygen atoms in total. The predicted molar refractivity (Wildman–Crippen MR) is 63.1 cm³/mol. The van der Waals surface area contributed by atoms with E-state index in [4.69, 9.17) is 9.84 Å². The first-order valence-electron chi connectivity index (χ1n) is 5.37. The topological polar surface area (TPSA) is 49.8 Å². The van der Waals surface area contributed by atoms with Gasteiger partial charge in [-0.2, -0.15) is 0 Å². The van der Waals surface area contributed by atoms with E-state index in [-0.39, 0.29) is 6.54 Å². The first-order valence-corrected chi connectivity index (χ1v) is 5.37. The van der Waals surface area contributed by atoms with Crippen molar-refractivity contribution in [1.82, 2.24) is 0 Å². The van der Waals surface area contributed by atoms with E-state index in [1.807, 2.05) is 38.1 Å². The Hall–Kier alpha value is -1.71. The van der Waals surface area contributed by atoms with E-state index in [0.717, 1.165) is 11.4 Å². The maximum absolute atomic E-state index is 10.7. The second-order valence-electron chi connectivity index (χ2n) is 3.31. The minimum absolute atomic E-state index is 0.0133. The maximum atomic E-state index is 10.7. The Morgan fingerprint density at radius 1 is 1.38 bits per heavy atom. The van der Waals surface area contributed by atoms with Gasteiger partial charge in [-0.1, -0.05) is 12.1 Å². The minimum Gasteiger partial charge on any atom is -0.492 e. The normalized spacial score (nSPS) is 9.88. The quantitative estimate of drug-likeness (QED) is 0.801. The molecule has 0 unspecified atom stereocenters. The van der Waals surface area contributed by atoms with E-state index in [2.05, 4.69) is 0 Å². The highest BCUT2D eigenvalue weighted by Crippen LogP contribution is 2.27. The monoisotopic (exact) mass is 223 g/mol. The molecule has 0 aliphatic heterocycles. The molecule has 0 saturated carbocycles. The number of carboxylic acid groups (broad SMARTS) is 1. The van der Waals surface area contributed by atoms with Crippen LogP contribution >= 0.6 is 0 Å². The zero-order valence-corrected chi connectivity index (χ0v) is 9.64. The van der Waals surface area contributed by atoms with Crippen LogP contribution in [0.1, 0.15) is 13.8 Å². The smallest absolute Gasteiger partial charge is 0.323 e. The predicted octanol–water partition coefficient (Wildman–Crippen LogP) is 2.00. The van der Waals surface area contributed by atoms with E-state index in [1.54, 1.807) is 4.90 Å². The number of hydrogen-bond donors (Lipinski definition) is 1. The average Bonchev–Trinajstić information content (AvgIpc) is 2.27. The molecule has 1 N–H and O–H groups in total. The second-order valence-corrected chi connectivity index (χ2v) is 3.31. The van der Waals surface area contributed by atoms with Crippen molar-refractivity contribution in [3.63, 3.8) is 0 Å². The summed E-state index contributed by atoms with van der Waals surface area (Å²) in [5, 5.41) is 8.81. The molecule has 1 rings (SSSR count). The van der Waals surface area contributed by atoms with Gasteiger partial charge >= 0.3 is 5.97 Å². The van der Waals surface area contributed by atoms with Crippen molar-refractivity contribution >= 4 is 11.7 Å². The van der Waals surface area contributed by atoms with E-state index in [9.17, 15) is 4.79 Å².